The van der Waals surface area contributed by atoms with Gasteiger partial charge >= 0.3 is 6.18 Å². The van der Waals surface area contributed by atoms with E-state index in [2.05, 4.69) is 5.32 Å². The minimum Gasteiger partial charge on any atom is -0.347 e. The lowest BCUT2D eigenvalue weighted by molar-refractivity contribution is -0.137. The molecule has 0 unspecified atom stereocenters. The molecule has 0 aliphatic carbocycles. The topological polar surface area (TPSA) is 29.1 Å². The molecule has 0 bridgehead atoms. The van der Waals surface area contributed by atoms with E-state index in [1.165, 1.54) is 12.1 Å². The third-order valence-corrected chi connectivity index (χ3v) is 2.35. The van der Waals surface area contributed by atoms with Crippen molar-refractivity contribution in [3.63, 3.8) is 0 Å². The molecule has 2 nitrogen and oxygen atoms in total. The fourth-order valence-corrected chi connectivity index (χ4v) is 1.65. The monoisotopic (exact) mass is 279 g/mol. The average Bonchev–Trinajstić information content (AvgIpc) is 2.12. The molecule has 18 heavy (non-hydrogen) atoms. The van der Waals surface area contributed by atoms with Gasteiger partial charge in [0.1, 0.15) is 0 Å². The van der Waals surface area contributed by atoms with Gasteiger partial charge in [-0.1, -0.05) is 17.7 Å². The van der Waals surface area contributed by atoms with Crippen molar-refractivity contribution in [1.29, 1.82) is 0 Å². The van der Waals surface area contributed by atoms with Crippen molar-refractivity contribution >= 4 is 17.5 Å². The molecule has 1 amide bonds. The number of alkyl halides is 3. The van der Waals surface area contributed by atoms with E-state index in [4.69, 9.17) is 11.6 Å². The summed E-state index contributed by atoms with van der Waals surface area (Å²) in [5.41, 5.74) is -2.21. The van der Waals surface area contributed by atoms with Crippen molar-refractivity contribution < 1.29 is 18.0 Å². The predicted molar refractivity (Wildman–Crippen MR) is 63.7 cm³/mol. The molecule has 0 saturated heterocycles. The lowest BCUT2D eigenvalue weighted by Crippen LogP contribution is -2.41. The van der Waals surface area contributed by atoms with E-state index in [-0.39, 0.29) is 5.02 Å². The molecule has 100 valence electrons. The Bertz CT molecular complexity index is 463. The maximum absolute atomic E-state index is 12.8. The third kappa shape index (κ3) is 3.63. The van der Waals surface area contributed by atoms with Gasteiger partial charge in [-0.05, 0) is 32.9 Å². The van der Waals surface area contributed by atoms with Crippen molar-refractivity contribution in [2.45, 2.75) is 32.5 Å². The summed E-state index contributed by atoms with van der Waals surface area (Å²) >= 11 is 5.70. The van der Waals surface area contributed by atoms with Crippen LogP contribution in [0.5, 0.6) is 0 Å². The van der Waals surface area contributed by atoms with Crippen LogP contribution in [0.3, 0.4) is 0 Å². The zero-order chi connectivity index (χ0) is 14.1. The highest BCUT2D eigenvalue weighted by molar-refractivity contribution is 6.34. The first kappa shape index (κ1) is 14.8. The second kappa shape index (κ2) is 4.80. The molecule has 1 aromatic rings. The molecule has 0 saturated carbocycles. The summed E-state index contributed by atoms with van der Waals surface area (Å²) in [5.74, 6) is -0.833. The van der Waals surface area contributed by atoms with Crippen LogP contribution in [-0.2, 0) is 6.18 Å². The van der Waals surface area contributed by atoms with Crippen LogP contribution in [0.1, 0.15) is 36.7 Å². The van der Waals surface area contributed by atoms with Gasteiger partial charge in [0, 0.05) is 5.54 Å². The Morgan fingerprint density at radius 1 is 1.22 bits per heavy atom. The summed E-state index contributed by atoms with van der Waals surface area (Å²) in [6.45, 7) is 5.03. The number of hydrogen-bond donors (Lipinski definition) is 1. The Kier molecular flexibility index (Phi) is 3.96. The number of amides is 1. The normalized spacial score (nSPS) is 12.4. The molecular weight excluding hydrogens is 267 g/mol. The lowest BCUT2D eigenvalue weighted by atomic mass is 10.0. The van der Waals surface area contributed by atoms with Gasteiger partial charge in [0.25, 0.3) is 5.91 Å². The molecule has 0 aliphatic rings. The molecule has 0 heterocycles. The van der Waals surface area contributed by atoms with Gasteiger partial charge in [-0.2, -0.15) is 13.2 Å². The number of nitrogens with one attached hydrogen (secondary N) is 1. The van der Waals surface area contributed by atoms with Gasteiger partial charge in [0.15, 0.2) is 0 Å². The molecule has 0 atom stereocenters. The summed E-state index contributed by atoms with van der Waals surface area (Å²) in [5, 5.41) is 2.25. The minimum atomic E-state index is -4.62. The first-order valence-electron chi connectivity index (χ1n) is 5.20. The summed E-state index contributed by atoms with van der Waals surface area (Å²) in [7, 11) is 0. The summed E-state index contributed by atoms with van der Waals surface area (Å²) in [4.78, 5) is 11.9. The average molecular weight is 280 g/mol. The van der Waals surface area contributed by atoms with Crippen LogP contribution in [0.25, 0.3) is 0 Å². The standard InChI is InChI=1S/C12H13ClF3NO/c1-11(2,3)17-10(18)9-7(12(14,15)16)5-4-6-8(9)13/h4-6H,1-3H3,(H,17,18). The molecule has 1 rings (SSSR count). The maximum atomic E-state index is 12.8. The van der Waals surface area contributed by atoms with Crippen molar-refractivity contribution in [1.82, 2.24) is 5.32 Å². The zero-order valence-electron chi connectivity index (χ0n) is 10.2. The number of benzene rings is 1. The first-order valence-corrected chi connectivity index (χ1v) is 5.58. The SMILES string of the molecule is CC(C)(C)NC(=O)c1c(Cl)cccc1C(F)(F)F. The van der Waals surface area contributed by atoms with Crippen molar-refractivity contribution in [3.05, 3.63) is 34.3 Å². The van der Waals surface area contributed by atoms with E-state index in [0.717, 1.165) is 6.07 Å². The van der Waals surface area contributed by atoms with Crippen molar-refractivity contribution in [3.8, 4) is 0 Å². The second-order valence-electron chi connectivity index (χ2n) is 4.86. The Balaban J connectivity index is 3.27. The largest absolute Gasteiger partial charge is 0.417 e. The van der Waals surface area contributed by atoms with Gasteiger partial charge in [-0.3, -0.25) is 4.79 Å². The quantitative estimate of drug-likeness (QED) is 0.830. The van der Waals surface area contributed by atoms with Gasteiger partial charge < -0.3 is 5.32 Å². The smallest absolute Gasteiger partial charge is 0.347 e. The third-order valence-electron chi connectivity index (χ3n) is 2.03. The van der Waals surface area contributed by atoms with E-state index >= 15 is 0 Å². The molecule has 1 aromatic carbocycles. The number of carbonyl (C=O) groups is 1. The van der Waals surface area contributed by atoms with Crippen LogP contribution in [-0.4, -0.2) is 11.4 Å². The van der Waals surface area contributed by atoms with Crippen molar-refractivity contribution in [2.75, 3.05) is 0 Å². The molecule has 0 radical (unpaired) electrons. The highest BCUT2D eigenvalue weighted by Crippen LogP contribution is 2.35. The van der Waals surface area contributed by atoms with Crippen LogP contribution in [0.2, 0.25) is 5.02 Å². The number of carbonyl (C=O) groups excluding carboxylic acids is 1. The predicted octanol–water partition coefficient (Wildman–Crippen LogP) is 3.89. The molecule has 1 N–H and O–H groups in total. The van der Waals surface area contributed by atoms with E-state index in [0.29, 0.717) is 0 Å². The van der Waals surface area contributed by atoms with E-state index in [9.17, 15) is 18.0 Å². The van der Waals surface area contributed by atoms with Crippen LogP contribution >= 0.6 is 11.6 Å². The second-order valence-corrected chi connectivity index (χ2v) is 5.27. The molecule has 0 aliphatic heterocycles. The Labute approximate surface area is 108 Å². The lowest BCUT2D eigenvalue weighted by Gasteiger charge is -2.22. The van der Waals surface area contributed by atoms with Crippen LogP contribution < -0.4 is 5.32 Å². The fourth-order valence-electron chi connectivity index (χ4n) is 1.39. The van der Waals surface area contributed by atoms with E-state index in [1.54, 1.807) is 20.8 Å². The highest BCUT2D eigenvalue weighted by Gasteiger charge is 2.36. The Morgan fingerprint density at radius 3 is 2.22 bits per heavy atom. The van der Waals surface area contributed by atoms with Crippen LogP contribution in [0.4, 0.5) is 13.2 Å². The Hall–Kier alpha value is -1.23. The van der Waals surface area contributed by atoms with Gasteiger partial charge in [0.2, 0.25) is 0 Å². The molecule has 0 spiro atoms. The fraction of sp³-hybridized carbons (Fsp3) is 0.417. The molecule has 0 fully saturated rings. The summed E-state index contributed by atoms with van der Waals surface area (Å²) in [6, 6.07) is 3.26. The summed E-state index contributed by atoms with van der Waals surface area (Å²) < 4.78 is 38.3. The van der Waals surface area contributed by atoms with Gasteiger partial charge in [0.05, 0.1) is 16.1 Å². The molecule has 0 aromatic heterocycles. The molecular formula is C12H13ClF3NO. The van der Waals surface area contributed by atoms with Gasteiger partial charge in [-0.15, -0.1) is 0 Å². The number of rotatable bonds is 1. The Morgan fingerprint density at radius 2 is 1.78 bits per heavy atom. The number of halogens is 4. The van der Waals surface area contributed by atoms with E-state index < -0.39 is 28.7 Å². The minimum absolute atomic E-state index is 0.216. The van der Waals surface area contributed by atoms with Gasteiger partial charge in [-0.25, -0.2) is 0 Å². The molecule has 6 heteroatoms. The zero-order valence-corrected chi connectivity index (χ0v) is 10.9. The van der Waals surface area contributed by atoms with Crippen molar-refractivity contribution in [2.24, 2.45) is 0 Å². The number of hydrogen-bond acceptors (Lipinski definition) is 1. The van der Waals surface area contributed by atoms with Crippen LogP contribution in [0, 0.1) is 0 Å². The highest BCUT2D eigenvalue weighted by atomic mass is 35.5. The first-order chi connectivity index (χ1) is 8.02. The summed E-state index contributed by atoms with van der Waals surface area (Å²) in [6.07, 6.45) is -4.62. The van der Waals surface area contributed by atoms with Crippen LogP contribution in [0.15, 0.2) is 18.2 Å². The van der Waals surface area contributed by atoms with E-state index in [1.807, 2.05) is 0 Å². The maximum Gasteiger partial charge on any atom is 0.417 e.